The van der Waals surface area contributed by atoms with E-state index >= 15 is 0 Å². The van der Waals surface area contributed by atoms with Crippen molar-refractivity contribution in [3.05, 3.63) is 5.82 Å². The van der Waals surface area contributed by atoms with Crippen LogP contribution in [0.2, 0.25) is 0 Å². The number of nitrogens with one attached hydrogen (secondary N) is 2. The maximum atomic E-state index is 12.4. The van der Waals surface area contributed by atoms with Crippen molar-refractivity contribution in [1.82, 2.24) is 25.9 Å². The van der Waals surface area contributed by atoms with E-state index in [-0.39, 0.29) is 5.82 Å². The molecule has 1 aromatic heterocycles. The topological polar surface area (TPSA) is 104 Å². The second-order valence-electron chi connectivity index (χ2n) is 2.43. The van der Waals surface area contributed by atoms with E-state index in [4.69, 9.17) is 5.11 Å². The van der Waals surface area contributed by atoms with Crippen LogP contribution in [0.25, 0.3) is 0 Å². The Hall–Kier alpha value is -1.64. The number of aliphatic hydroxyl groups is 1. The summed E-state index contributed by atoms with van der Waals surface area (Å²) in [5.74, 6) is -4.56. The number of H-pyrrole nitrogens is 1. The van der Waals surface area contributed by atoms with Gasteiger partial charge in [-0.05, 0) is 5.21 Å². The highest BCUT2D eigenvalue weighted by atomic mass is 19.3. The summed E-state index contributed by atoms with van der Waals surface area (Å²) in [7, 11) is 0. The second kappa shape index (κ2) is 4.05. The van der Waals surface area contributed by atoms with Crippen LogP contribution in [0.15, 0.2) is 0 Å². The number of aromatic amines is 1. The molecule has 0 fully saturated rings. The maximum Gasteiger partial charge on any atom is 0.293 e. The van der Waals surface area contributed by atoms with Gasteiger partial charge in [-0.25, -0.2) is 8.78 Å². The van der Waals surface area contributed by atoms with Crippen LogP contribution < -0.4 is 5.32 Å². The Morgan fingerprint density at radius 2 is 2.36 bits per heavy atom. The fourth-order valence-electron chi connectivity index (χ4n) is 0.603. The molecular weight excluding hydrogens is 200 g/mol. The minimum atomic E-state index is -3.35. The van der Waals surface area contributed by atoms with E-state index in [1.165, 1.54) is 0 Å². The number of hydrogen-bond donors (Lipinski definition) is 3. The largest absolute Gasteiger partial charge is 0.390 e. The molecule has 1 aromatic rings. The third-order valence-electron chi connectivity index (χ3n) is 1.29. The Labute approximate surface area is 76.5 Å². The highest BCUT2D eigenvalue weighted by Gasteiger charge is 2.28. The fourth-order valence-corrected chi connectivity index (χ4v) is 0.603. The average Bonchev–Trinajstić information content (AvgIpc) is 2.67. The zero-order valence-electron chi connectivity index (χ0n) is 6.87. The van der Waals surface area contributed by atoms with Gasteiger partial charge in [0.15, 0.2) is 0 Å². The Morgan fingerprint density at radius 3 is 2.86 bits per heavy atom. The molecule has 0 aliphatic rings. The molecule has 0 aromatic carbocycles. The van der Waals surface area contributed by atoms with E-state index in [9.17, 15) is 13.6 Å². The molecule has 9 heteroatoms. The summed E-state index contributed by atoms with van der Waals surface area (Å²) >= 11 is 0. The second-order valence-corrected chi connectivity index (χ2v) is 2.43. The molecule has 78 valence electrons. The van der Waals surface area contributed by atoms with Crippen molar-refractivity contribution in [2.45, 2.75) is 5.92 Å². The predicted molar refractivity (Wildman–Crippen MR) is 38.5 cm³/mol. The van der Waals surface area contributed by atoms with Gasteiger partial charge in [-0.15, -0.1) is 10.2 Å². The molecule has 14 heavy (non-hydrogen) atoms. The lowest BCUT2D eigenvalue weighted by Crippen LogP contribution is -2.39. The van der Waals surface area contributed by atoms with Gasteiger partial charge in [0.25, 0.3) is 17.7 Å². The van der Waals surface area contributed by atoms with Crippen LogP contribution in [0.1, 0.15) is 10.6 Å². The summed E-state index contributed by atoms with van der Waals surface area (Å²) in [4.78, 5) is 11.0. The van der Waals surface area contributed by atoms with E-state index in [0.717, 1.165) is 0 Å². The number of carbonyl (C=O) groups excluding carboxylic acids is 1. The van der Waals surface area contributed by atoms with Gasteiger partial charge in [-0.1, -0.05) is 0 Å². The molecule has 0 radical (unpaired) electrons. The molecule has 1 rings (SSSR count). The lowest BCUT2D eigenvalue weighted by molar-refractivity contribution is -0.0462. The Balaban J connectivity index is 2.43. The van der Waals surface area contributed by atoms with Crippen LogP contribution in [-0.2, 0) is 0 Å². The van der Waals surface area contributed by atoms with Gasteiger partial charge in [0.2, 0.25) is 0 Å². The summed E-state index contributed by atoms with van der Waals surface area (Å²) in [6, 6.07) is 0. The first-order valence-corrected chi connectivity index (χ1v) is 3.55. The number of nitrogens with zero attached hydrogens (tertiary/aromatic N) is 3. The number of aromatic nitrogens is 4. The van der Waals surface area contributed by atoms with Gasteiger partial charge in [0.05, 0.1) is 6.54 Å². The minimum Gasteiger partial charge on any atom is -0.390 e. The molecule has 0 atom stereocenters. The zero-order valence-corrected chi connectivity index (χ0v) is 6.87. The van der Waals surface area contributed by atoms with Crippen LogP contribution in [0.4, 0.5) is 8.78 Å². The highest BCUT2D eigenvalue weighted by Crippen LogP contribution is 2.09. The third kappa shape index (κ3) is 2.69. The summed E-state index contributed by atoms with van der Waals surface area (Å²) in [5.41, 5.74) is 0. The van der Waals surface area contributed by atoms with Crippen molar-refractivity contribution in [2.24, 2.45) is 0 Å². The van der Waals surface area contributed by atoms with Gasteiger partial charge in [0, 0.05) is 0 Å². The Morgan fingerprint density at radius 1 is 1.64 bits per heavy atom. The van der Waals surface area contributed by atoms with Crippen LogP contribution in [0.5, 0.6) is 0 Å². The first kappa shape index (κ1) is 10.4. The van der Waals surface area contributed by atoms with Crippen LogP contribution in [0, 0.1) is 0 Å². The molecule has 0 unspecified atom stereocenters. The van der Waals surface area contributed by atoms with E-state index in [2.05, 4.69) is 15.4 Å². The number of hydrogen-bond acceptors (Lipinski definition) is 5. The molecule has 1 amide bonds. The predicted octanol–water partition coefficient (Wildman–Crippen LogP) is -1.44. The molecule has 0 saturated carbocycles. The van der Waals surface area contributed by atoms with Crippen molar-refractivity contribution in [1.29, 1.82) is 0 Å². The van der Waals surface area contributed by atoms with E-state index < -0.39 is 25.0 Å². The molecule has 1 heterocycles. The quantitative estimate of drug-likeness (QED) is 0.560. The number of carbonyl (C=O) groups is 1. The van der Waals surface area contributed by atoms with Gasteiger partial charge in [0.1, 0.15) is 6.61 Å². The smallest absolute Gasteiger partial charge is 0.293 e. The van der Waals surface area contributed by atoms with Crippen molar-refractivity contribution in [2.75, 3.05) is 13.2 Å². The molecular formula is C5H7F2N5O2. The number of amides is 1. The first-order valence-electron chi connectivity index (χ1n) is 3.55. The van der Waals surface area contributed by atoms with Gasteiger partial charge >= 0.3 is 0 Å². The lowest BCUT2D eigenvalue weighted by Gasteiger charge is -2.12. The average molecular weight is 207 g/mol. The SMILES string of the molecule is O=C(NCC(F)(F)CO)c1nn[nH]n1. The normalized spacial score (nSPS) is 11.4. The van der Waals surface area contributed by atoms with Crippen molar-refractivity contribution < 1.29 is 18.7 Å². The van der Waals surface area contributed by atoms with E-state index in [1.807, 2.05) is 10.5 Å². The van der Waals surface area contributed by atoms with Gasteiger partial charge < -0.3 is 10.4 Å². The van der Waals surface area contributed by atoms with E-state index in [0.29, 0.717) is 0 Å². The maximum absolute atomic E-state index is 12.4. The number of tetrazole rings is 1. The third-order valence-corrected chi connectivity index (χ3v) is 1.29. The lowest BCUT2D eigenvalue weighted by atomic mass is 10.3. The van der Waals surface area contributed by atoms with Crippen molar-refractivity contribution >= 4 is 5.91 Å². The Bertz CT molecular complexity index is 301. The minimum absolute atomic E-state index is 0.335. The molecule has 0 aliphatic carbocycles. The van der Waals surface area contributed by atoms with Crippen LogP contribution >= 0.6 is 0 Å². The van der Waals surface area contributed by atoms with Crippen molar-refractivity contribution in [3.63, 3.8) is 0 Å². The molecule has 0 spiro atoms. The number of alkyl halides is 2. The summed E-state index contributed by atoms with van der Waals surface area (Å²) in [6.07, 6.45) is 0. The molecule has 7 nitrogen and oxygen atoms in total. The standard InChI is InChI=1S/C5H7F2N5O2/c6-5(7,2-13)1-8-4(14)3-9-11-12-10-3/h13H,1-2H2,(H,8,14)(H,9,10,11,12). The molecule has 0 aliphatic heterocycles. The van der Waals surface area contributed by atoms with Crippen molar-refractivity contribution in [3.8, 4) is 0 Å². The van der Waals surface area contributed by atoms with Gasteiger partial charge in [-0.3, -0.25) is 4.79 Å². The monoisotopic (exact) mass is 207 g/mol. The number of rotatable bonds is 4. The summed E-state index contributed by atoms with van der Waals surface area (Å²) in [5, 5.41) is 21.6. The molecule has 0 saturated heterocycles. The number of aliphatic hydroxyl groups excluding tert-OH is 1. The summed E-state index contributed by atoms with van der Waals surface area (Å²) < 4.78 is 24.9. The first-order chi connectivity index (χ1) is 6.55. The molecule has 0 bridgehead atoms. The van der Waals surface area contributed by atoms with Crippen LogP contribution in [-0.4, -0.2) is 50.7 Å². The molecule has 3 N–H and O–H groups in total. The van der Waals surface area contributed by atoms with Gasteiger partial charge in [-0.2, -0.15) is 5.21 Å². The highest BCUT2D eigenvalue weighted by molar-refractivity contribution is 5.90. The van der Waals surface area contributed by atoms with Crippen LogP contribution in [0.3, 0.4) is 0 Å². The zero-order chi connectivity index (χ0) is 10.6. The Kier molecular flexibility index (Phi) is 3.02. The number of halogens is 2. The van der Waals surface area contributed by atoms with E-state index in [1.54, 1.807) is 0 Å². The fraction of sp³-hybridized carbons (Fsp3) is 0.600. The summed E-state index contributed by atoms with van der Waals surface area (Å²) in [6.45, 7) is -2.31.